The molecule has 0 radical (unpaired) electrons. The van der Waals surface area contributed by atoms with E-state index >= 15 is 0 Å². The number of carbonyl (C=O) groups excluding carboxylic acids is 2. The number of hydrogen-bond donors (Lipinski definition) is 1. The van der Waals surface area contributed by atoms with Crippen LogP contribution in [0.1, 0.15) is 12.5 Å². The lowest BCUT2D eigenvalue weighted by Crippen LogP contribution is -2.31. The number of esters is 1. The van der Waals surface area contributed by atoms with Crippen molar-refractivity contribution in [2.75, 3.05) is 5.32 Å². The van der Waals surface area contributed by atoms with Crippen LogP contribution < -0.4 is 5.32 Å². The van der Waals surface area contributed by atoms with E-state index in [-0.39, 0.29) is 6.54 Å². The number of benzene rings is 2. The van der Waals surface area contributed by atoms with Gasteiger partial charge in [-0.25, -0.2) is 4.79 Å². The van der Waals surface area contributed by atoms with Gasteiger partial charge in [0.2, 0.25) is 5.82 Å². The van der Waals surface area contributed by atoms with Crippen molar-refractivity contribution >= 4 is 29.2 Å². The summed E-state index contributed by atoms with van der Waals surface area (Å²) < 4.78 is 5.15. The van der Waals surface area contributed by atoms with E-state index in [0.29, 0.717) is 16.5 Å². The molecule has 0 aliphatic rings. The van der Waals surface area contributed by atoms with Crippen LogP contribution in [0.15, 0.2) is 48.5 Å². The first-order chi connectivity index (χ1) is 13.4. The van der Waals surface area contributed by atoms with Crippen molar-refractivity contribution in [2.24, 2.45) is 0 Å². The van der Waals surface area contributed by atoms with Crippen LogP contribution in [-0.2, 0) is 20.9 Å². The molecule has 0 spiro atoms. The van der Waals surface area contributed by atoms with Crippen molar-refractivity contribution in [3.8, 4) is 11.4 Å². The third-order valence-electron chi connectivity index (χ3n) is 3.82. The smallest absolute Gasteiger partial charge is 0.330 e. The van der Waals surface area contributed by atoms with Gasteiger partial charge < -0.3 is 10.1 Å². The van der Waals surface area contributed by atoms with E-state index in [0.717, 1.165) is 15.9 Å². The molecule has 3 aromatic rings. The van der Waals surface area contributed by atoms with Gasteiger partial charge in [-0.05, 0) is 55.5 Å². The average molecular weight is 400 g/mol. The second kappa shape index (κ2) is 8.62. The Morgan fingerprint density at radius 3 is 2.50 bits per heavy atom. The van der Waals surface area contributed by atoms with Crippen LogP contribution >= 0.6 is 11.6 Å². The third-order valence-corrected chi connectivity index (χ3v) is 4.07. The van der Waals surface area contributed by atoms with E-state index in [1.807, 2.05) is 19.1 Å². The molecule has 0 fully saturated rings. The maximum Gasteiger partial charge on any atom is 0.330 e. The normalized spacial score (nSPS) is 11.7. The van der Waals surface area contributed by atoms with Gasteiger partial charge in [0, 0.05) is 16.3 Å². The number of carbonyl (C=O) groups is 2. The fourth-order valence-electron chi connectivity index (χ4n) is 2.31. The molecular formula is C19H18ClN5O3. The summed E-state index contributed by atoms with van der Waals surface area (Å²) in [6.45, 7) is 3.19. The molecule has 1 atom stereocenters. The standard InChI is InChI=1S/C19H18ClN5O3/c1-12-3-9-16(10-4-12)21-19(27)13(2)28-17(26)11-25-23-18(22-24-25)14-5-7-15(20)8-6-14/h3-10,13H,11H2,1-2H3,(H,21,27)/t13-/m0/s1. The Morgan fingerprint density at radius 2 is 1.82 bits per heavy atom. The Hall–Kier alpha value is -3.26. The zero-order valence-corrected chi connectivity index (χ0v) is 16.1. The molecule has 0 aliphatic heterocycles. The zero-order valence-electron chi connectivity index (χ0n) is 15.3. The monoisotopic (exact) mass is 399 g/mol. The summed E-state index contributed by atoms with van der Waals surface area (Å²) in [5, 5.41) is 15.1. The Morgan fingerprint density at radius 1 is 1.14 bits per heavy atom. The summed E-state index contributed by atoms with van der Waals surface area (Å²) in [5.41, 5.74) is 2.43. The first-order valence-electron chi connectivity index (χ1n) is 8.51. The second-order valence-electron chi connectivity index (χ2n) is 6.14. The first kappa shape index (κ1) is 19.5. The van der Waals surface area contributed by atoms with Crippen molar-refractivity contribution in [3.05, 3.63) is 59.1 Å². The van der Waals surface area contributed by atoms with Crippen LogP contribution in [0.4, 0.5) is 5.69 Å². The fourth-order valence-corrected chi connectivity index (χ4v) is 2.43. The molecule has 0 saturated heterocycles. The molecule has 0 saturated carbocycles. The molecule has 0 aliphatic carbocycles. The fraction of sp³-hybridized carbons (Fsp3) is 0.211. The second-order valence-corrected chi connectivity index (χ2v) is 6.57. The SMILES string of the molecule is Cc1ccc(NC(=O)[C@H](C)OC(=O)Cn2nnc(-c3ccc(Cl)cc3)n2)cc1. The summed E-state index contributed by atoms with van der Waals surface area (Å²) in [4.78, 5) is 25.3. The molecule has 3 rings (SSSR count). The minimum Gasteiger partial charge on any atom is -0.451 e. The molecule has 8 nitrogen and oxygen atoms in total. The lowest BCUT2D eigenvalue weighted by molar-refractivity contribution is -0.154. The number of nitrogens with one attached hydrogen (secondary N) is 1. The maximum absolute atomic E-state index is 12.2. The number of anilines is 1. The van der Waals surface area contributed by atoms with Gasteiger partial charge in [-0.2, -0.15) is 4.80 Å². The van der Waals surface area contributed by atoms with E-state index in [2.05, 4.69) is 20.7 Å². The van der Waals surface area contributed by atoms with Crippen molar-refractivity contribution in [3.63, 3.8) is 0 Å². The summed E-state index contributed by atoms with van der Waals surface area (Å²) in [5.74, 6) is -0.716. The number of ether oxygens (including phenoxy) is 1. The molecule has 1 heterocycles. The van der Waals surface area contributed by atoms with Crippen LogP contribution in [0.25, 0.3) is 11.4 Å². The number of halogens is 1. The van der Waals surface area contributed by atoms with Gasteiger partial charge in [-0.3, -0.25) is 4.79 Å². The molecule has 9 heteroatoms. The molecule has 2 aromatic carbocycles. The van der Waals surface area contributed by atoms with E-state index in [9.17, 15) is 9.59 Å². The number of rotatable bonds is 6. The summed E-state index contributed by atoms with van der Waals surface area (Å²) in [6.07, 6.45) is -0.965. The van der Waals surface area contributed by atoms with Crippen LogP contribution in [0.5, 0.6) is 0 Å². The number of tetrazole rings is 1. The number of amides is 1. The molecule has 28 heavy (non-hydrogen) atoms. The van der Waals surface area contributed by atoms with Gasteiger partial charge in [0.15, 0.2) is 12.6 Å². The summed E-state index contributed by atoms with van der Waals surface area (Å²) in [6, 6.07) is 14.2. The predicted octanol–water partition coefficient (Wildman–Crippen LogP) is 2.87. The van der Waals surface area contributed by atoms with Crippen LogP contribution in [0, 0.1) is 6.92 Å². The molecule has 1 aromatic heterocycles. The molecule has 0 unspecified atom stereocenters. The quantitative estimate of drug-likeness (QED) is 0.640. The number of aromatic nitrogens is 4. The van der Waals surface area contributed by atoms with Gasteiger partial charge in [0.1, 0.15) is 0 Å². The lowest BCUT2D eigenvalue weighted by atomic mass is 10.2. The highest BCUT2D eigenvalue weighted by atomic mass is 35.5. The molecule has 144 valence electrons. The Kier molecular flexibility index (Phi) is 6.00. The Bertz CT molecular complexity index is 970. The minimum atomic E-state index is -0.965. The molecule has 0 bridgehead atoms. The van der Waals surface area contributed by atoms with E-state index in [1.54, 1.807) is 36.4 Å². The van der Waals surface area contributed by atoms with Gasteiger partial charge >= 0.3 is 5.97 Å². The zero-order chi connectivity index (χ0) is 20.1. The van der Waals surface area contributed by atoms with Crippen LogP contribution in [-0.4, -0.2) is 38.2 Å². The van der Waals surface area contributed by atoms with Crippen LogP contribution in [0.2, 0.25) is 5.02 Å². The van der Waals surface area contributed by atoms with Crippen molar-refractivity contribution in [2.45, 2.75) is 26.5 Å². The molecule has 1 amide bonds. The largest absolute Gasteiger partial charge is 0.451 e. The Balaban J connectivity index is 1.54. The highest BCUT2D eigenvalue weighted by Crippen LogP contribution is 2.17. The summed E-state index contributed by atoms with van der Waals surface area (Å²) in [7, 11) is 0. The van der Waals surface area contributed by atoms with Crippen molar-refractivity contribution < 1.29 is 14.3 Å². The third kappa shape index (κ3) is 5.14. The van der Waals surface area contributed by atoms with Gasteiger partial charge in [0.25, 0.3) is 5.91 Å². The van der Waals surface area contributed by atoms with Crippen molar-refractivity contribution in [1.29, 1.82) is 0 Å². The number of hydrogen-bond acceptors (Lipinski definition) is 6. The van der Waals surface area contributed by atoms with E-state index in [1.165, 1.54) is 6.92 Å². The molecular weight excluding hydrogens is 382 g/mol. The topological polar surface area (TPSA) is 99.0 Å². The van der Waals surface area contributed by atoms with Gasteiger partial charge in [-0.15, -0.1) is 10.2 Å². The van der Waals surface area contributed by atoms with Crippen molar-refractivity contribution in [1.82, 2.24) is 20.2 Å². The minimum absolute atomic E-state index is 0.261. The van der Waals surface area contributed by atoms with Gasteiger partial charge in [0.05, 0.1) is 0 Å². The lowest BCUT2D eigenvalue weighted by Gasteiger charge is -2.13. The van der Waals surface area contributed by atoms with E-state index in [4.69, 9.17) is 16.3 Å². The predicted molar refractivity (Wildman–Crippen MR) is 104 cm³/mol. The van der Waals surface area contributed by atoms with Gasteiger partial charge in [-0.1, -0.05) is 29.3 Å². The number of aryl methyl sites for hydroxylation is 1. The highest BCUT2D eigenvalue weighted by molar-refractivity contribution is 6.30. The van der Waals surface area contributed by atoms with E-state index < -0.39 is 18.0 Å². The highest BCUT2D eigenvalue weighted by Gasteiger charge is 2.19. The summed E-state index contributed by atoms with van der Waals surface area (Å²) >= 11 is 5.85. The Labute approximate surface area is 166 Å². The average Bonchev–Trinajstić information content (AvgIpc) is 3.12. The van der Waals surface area contributed by atoms with Crippen LogP contribution in [0.3, 0.4) is 0 Å². The maximum atomic E-state index is 12.2. The molecule has 1 N–H and O–H groups in total. The number of nitrogens with zero attached hydrogens (tertiary/aromatic N) is 4. The first-order valence-corrected chi connectivity index (χ1v) is 8.89.